The van der Waals surface area contributed by atoms with Crippen LogP contribution in [0.1, 0.15) is 17.5 Å². The number of sulfonamides is 1. The molecule has 2 aromatic rings. The molecule has 0 aromatic heterocycles. The maximum Gasteiger partial charge on any atom is 0.242 e. The molecule has 0 radical (unpaired) electrons. The zero-order valence-corrected chi connectivity index (χ0v) is 11.5. The van der Waals surface area contributed by atoms with Crippen molar-refractivity contribution < 1.29 is 8.42 Å². The lowest BCUT2D eigenvalue weighted by Gasteiger charge is -2.28. The maximum absolute atomic E-state index is 12.3. The van der Waals surface area contributed by atoms with Crippen LogP contribution in [0.2, 0.25) is 0 Å². The first-order valence-corrected chi connectivity index (χ1v) is 7.71. The Hall–Kier alpha value is -2.09. The van der Waals surface area contributed by atoms with E-state index in [0.29, 0.717) is 10.5 Å². The Bertz CT molecular complexity index is 791. The molecule has 100 valence electrons. The molecule has 3 nitrogen and oxygen atoms in total. The molecule has 0 fully saturated rings. The molecular weight excluding hydrogens is 270 g/mol. The van der Waals surface area contributed by atoms with E-state index >= 15 is 0 Å². The third-order valence-electron chi connectivity index (χ3n) is 3.58. The van der Waals surface area contributed by atoms with Crippen molar-refractivity contribution in [3.05, 3.63) is 65.7 Å². The van der Waals surface area contributed by atoms with Crippen LogP contribution in [0.25, 0.3) is 0 Å². The first-order valence-electron chi connectivity index (χ1n) is 6.23. The van der Waals surface area contributed by atoms with E-state index in [1.807, 2.05) is 42.5 Å². The molecule has 0 saturated heterocycles. The van der Waals surface area contributed by atoms with E-state index < -0.39 is 15.6 Å². The summed E-state index contributed by atoms with van der Waals surface area (Å²) in [6, 6.07) is 16.4. The number of benzene rings is 2. The summed E-state index contributed by atoms with van der Waals surface area (Å²) in [7, 11) is -3.53. The smallest absolute Gasteiger partial charge is 0.207 e. The third-order valence-corrected chi connectivity index (χ3v) is 5.13. The number of nitrogens with one attached hydrogen (secondary N) is 1. The van der Waals surface area contributed by atoms with Crippen molar-refractivity contribution in [3.63, 3.8) is 0 Å². The summed E-state index contributed by atoms with van der Waals surface area (Å²) in [5.41, 5.74) is 0.696. The lowest BCUT2D eigenvalue weighted by molar-refractivity contribution is 0.497. The van der Waals surface area contributed by atoms with Gasteiger partial charge in [-0.15, -0.1) is 12.3 Å². The molecular formula is C16H13NO2S. The van der Waals surface area contributed by atoms with E-state index in [9.17, 15) is 8.42 Å². The summed E-state index contributed by atoms with van der Waals surface area (Å²) in [5.74, 6) is 2.60. The Labute approximate surface area is 118 Å². The Morgan fingerprint density at radius 3 is 2.40 bits per heavy atom. The summed E-state index contributed by atoms with van der Waals surface area (Å²) in [5, 5.41) is 0. The van der Waals surface area contributed by atoms with Gasteiger partial charge in [0.05, 0.1) is 10.4 Å². The van der Waals surface area contributed by atoms with Gasteiger partial charge >= 0.3 is 0 Å². The normalized spacial score (nSPS) is 22.9. The molecule has 0 saturated carbocycles. The van der Waals surface area contributed by atoms with E-state index in [0.717, 1.165) is 5.56 Å². The highest BCUT2D eigenvalue weighted by Crippen LogP contribution is 2.42. The Morgan fingerprint density at radius 1 is 1.05 bits per heavy atom. The molecule has 2 aromatic carbocycles. The lowest BCUT2D eigenvalue weighted by Crippen LogP contribution is -2.40. The van der Waals surface area contributed by atoms with E-state index in [4.69, 9.17) is 6.42 Å². The molecule has 1 aliphatic rings. The van der Waals surface area contributed by atoms with Crippen molar-refractivity contribution in [2.45, 2.75) is 16.9 Å². The van der Waals surface area contributed by atoms with Crippen LogP contribution in [0.15, 0.2) is 59.5 Å². The molecule has 1 atom stereocenters. The fraction of sp³-hybridized carbons (Fsp3) is 0.125. The van der Waals surface area contributed by atoms with E-state index in [1.54, 1.807) is 12.1 Å². The lowest BCUT2D eigenvalue weighted by atomic mass is 9.81. The molecule has 0 bridgehead atoms. The average Bonchev–Trinajstić information content (AvgIpc) is 2.70. The van der Waals surface area contributed by atoms with Crippen molar-refractivity contribution in [2.24, 2.45) is 0 Å². The zero-order chi connectivity index (χ0) is 14.2. The molecule has 1 unspecified atom stereocenters. The first-order chi connectivity index (χ1) is 9.60. The summed E-state index contributed by atoms with van der Waals surface area (Å²) in [6.45, 7) is 0. The number of terminal acetylenes is 1. The maximum atomic E-state index is 12.3. The van der Waals surface area contributed by atoms with Crippen LogP contribution in [-0.2, 0) is 15.6 Å². The third kappa shape index (κ3) is 1.75. The van der Waals surface area contributed by atoms with Crippen molar-refractivity contribution in [2.75, 3.05) is 0 Å². The highest BCUT2D eigenvalue weighted by molar-refractivity contribution is 7.89. The molecule has 0 aliphatic carbocycles. The molecule has 1 N–H and O–H groups in total. The van der Waals surface area contributed by atoms with Gasteiger partial charge in [0.1, 0.15) is 0 Å². The summed E-state index contributed by atoms with van der Waals surface area (Å²) in [6.07, 6.45) is 5.76. The Morgan fingerprint density at radius 2 is 1.70 bits per heavy atom. The fourth-order valence-electron chi connectivity index (χ4n) is 2.72. The molecule has 1 aliphatic heterocycles. The second-order valence-corrected chi connectivity index (χ2v) is 6.40. The molecule has 4 heteroatoms. The second kappa shape index (κ2) is 4.48. The summed E-state index contributed by atoms with van der Waals surface area (Å²) in [4.78, 5) is 0.305. The van der Waals surface area contributed by atoms with E-state index in [2.05, 4.69) is 10.6 Å². The zero-order valence-electron chi connectivity index (χ0n) is 10.7. The number of rotatable bonds is 2. The quantitative estimate of drug-likeness (QED) is 0.859. The molecule has 20 heavy (non-hydrogen) atoms. The van der Waals surface area contributed by atoms with Gasteiger partial charge in [-0.25, -0.2) is 8.42 Å². The number of fused-ring (bicyclic) bond motifs is 1. The predicted octanol–water partition coefficient (Wildman–Crippen LogP) is 2.25. The van der Waals surface area contributed by atoms with Crippen LogP contribution in [-0.4, -0.2) is 8.42 Å². The van der Waals surface area contributed by atoms with Gasteiger partial charge in [0.2, 0.25) is 10.0 Å². The topological polar surface area (TPSA) is 46.2 Å². The van der Waals surface area contributed by atoms with Crippen LogP contribution >= 0.6 is 0 Å². The average molecular weight is 283 g/mol. The summed E-state index contributed by atoms with van der Waals surface area (Å²) >= 11 is 0. The second-order valence-electron chi connectivity index (χ2n) is 4.75. The SMILES string of the molecule is C#CCC1(c2ccccc2)NS(=O)(=O)c2ccccc21. The van der Waals surface area contributed by atoms with Crippen molar-refractivity contribution >= 4 is 10.0 Å². The minimum absolute atomic E-state index is 0.271. The van der Waals surface area contributed by atoms with Crippen molar-refractivity contribution in [1.82, 2.24) is 4.72 Å². The van der Waals surface area contributed by atoms with Crippen LogP contribution < -0.4 is 4.72 Å². The van der Waals surface area contributed by atoms with Gasteiger partial charge in [0.25, 0.3) is 0 Å². The minimum atomic E-state index is -3.53. The van der Waals surface area contributed by atoms with Gasteiger partial charge in [-0.2, -0.15) is 4.72 Å². The highest BCUT2D eigenvalue weighted by atomic mass is 32.2. The minimum Gasteiger partial charge on any atom is -0.207 e. The van der Waals surface area contributed by atoms with Crippen molar-refractivity contribution in [3.8, 4) is 12.3 Å². The Balaban J connectivity index is 2.33. The number of hydrogen-bond acceptors (Lipinski definition) is 2. The van der Waals surface area contributed by atoms with Gasteiger partial charge in [-0.1, -0.05) is 48.5 Å². The molecule has 0 spiro atoms. The van der Waals surface area contributed by atoms with Gasteiger partial charge in [-0.3, -0.25) is 0 Å². The van der Waals surface area contributed by atoms with Crippen LogP contribution in [0.4, 0.5) is 0 Å². The molecule has 1 heterocycles. The van der Waals surface area contributed by atoms with E-state index in [-0.39, 0.29) is 6.42 Å². The van der Waals surface area contributed by atoms with Crippen LogP contribution in [0.3, 0.4) is 0 Å². The van der Waals surface area contributed by atoms with Gasteiger partial charge < -0.3 is 0 Å². The largest absolute Gasteiger partial charge is 0.242 e. The van der Waals surface area contributed by atoms with Gasteiger partial charge in [-0.05, 0) is 17.2 Å². The standard InChI is InChI=1S/C16H13NO2S/c1-2-12-16(13-8-4-3-5-9-13)14-10-6-7-11-15(14)20(18,19)17-16/h1,3-11,17H,12H2. The van der Waals surface area contributed by atoms with Gasteiger partial charge in [0.15, 0.2) is 0 Å². The van der Waals surface area contributed by atoms with Gasteiger partial charge in [0, 0.05) is 6.42 Å². The molecule has 3 rings (SSSR count). The van der Waals surface area contributed by atoms with Crippen molar-refractivity contribution in [1.29, 1.82) is 0 Å². The Kier molecular flexibility index (Phi) is 2.89. The summed E-state index contributed by atoms with van der Waals surface area (Å²) < 4.78 is 27.4. The van der Waals surface area contributed by atoms with Crippen LogP contribution in [0, 0.1) is 12.3 Å². The monoisotopic (exact) mass is 283 g/mol. The molecule has 0 amide bonds. The van der Waals surface area contributed by atoms with Crippen LogP contribution in [0.5, 0.6) is 0 Å². The van der Waals surface area contributed by atoms with E-state index in [1.165, 1.54) is 0 Å². The number of hydrogen-bond donors (Lipinski definition) is 1. The fourth-order valence-corrected chi connectivity index (χ4v) is 4.37. The first kappa shape index (κ1) is 12.9. The predicted molar refractivity (Wildman–Crippen MR) is 77.4 cm³/mol. The highest BCUT2D eigenvalue weighted by Gasteiger charge is 2.46.